The molecule has 1 aromatic rings. The minimum atomic E-state index is -4.22. The number of benzene rings is 1. The highest BCUT2D eigenvalue weighted by Gasteiger charge is 2.45. The normalized spacial score (nSPS) is 16.8. The lowest BCUT2D eigenvalue weighted by Gasteiger charge is -2.24. The minimum absolute atomic E-state index is 0.0319. The zero-order valence-corrected chi connectivity index (χ0v) is 9.09. The van der Waals surface area contributed by atoms with Gasteiger partial charge in [-0.1, -0.05) is 29.8 Å². The fourth-order valence-electron chi connectivity index (χ4n) is 1.82. The molecule has 0 amide bonds. The van der Waals surface area contributed by atoms with Crippen LogP contribution in [-0.4, -0.2) is 17.2 Å². The number of hydrogen-bond donors (Lipinski definition) is 0. The van der Waals surface area contributed by atoms with Gasteiger partial charge < -0.3 is 0 Å². The molecule has 2 rings (SSSR count). The second-order valence-electron chi connectivity index (χ2n) is 4.32. The summed E-state index contributed by atoms with van der Waals surface area (Å²) >= 11 is 0. The number of hydrogen-bond acceptors (Lipinski definition) is 1. The molecule has 0 atom stereocenters. The summed E-state index contributed by atoms with van der Waals surface area (Å²) in [6.45, 7) is 1.86. The van der Waals surface area contributed by atoms with E-state index in [1.165, 1.54) is 0 Å². The Bertz CT molecular complexity index is 369. The van der Waals surface area contributed by atoms with E-state index < -0.39 is 6.30 Å². The lowest BCUT2D eigenvalue weighted by molar-refractivity contribution is -0.253. The van der Waals surface area contributed by atoms with Gasteiger partial charge in [-0.2, -0.15) is 13.2 Å². The molecule has 1 fully saturated rings. The summed E-state index contributed by atoms with van der Waals surface area (Å²) in [5.41, 5.74) is 1.72. The Kier molecular flexibility index (Phi) is 2.93. The minimum Gasteiger partial charge on any atom is -0.207 e. The van der Waals surface area contributed by atoms with Crippen molar-refractivity contribution in [2.75, 3.05) is 0 Å². The van der Waals surface area contributed by atoms with Crippen molar-refractivity contribution in [3.05, 3.63) is 35.4 Å². The molecule has 0 aromatic heterocycles. The summed E-state index contributed by atoms with van der Waals surface area (Å²) in [6.07, 6.45) is -2.90. The summed E-state index contributed by atoms with van der Waals surface area (Å²) in [6, 6.07) is 6.93. The Morgan fingerprint density at radius 3 is 2.50 bits per heavy atom. The first kappa shape index (κ1) is 11.5. The van der Waals surface area contributed by atoms with Crippen molar-refractivity contribution in [2.24, 2.45) is 0 Å². The van der Waals surface area contributed by atoms with Crippen molar-refractivity contribution in [2.45, 2.75) is 38.7 Å². The van der Waals surface area contributed by atoms with E-state index in [4.69, 9.17) is 0 Å². The molecule has 4 heteroatoms. The van der Waals surface area contributed by atoms with Crippen LogP contribution in [0, 0.1) is 6.92 Å². The number of nitrogens with zero attached hydrogens (tertiary/aromatic N) is 1. The average molecular weight is 229 g/mol. The predicted molar refractivity (Wildman–Crippen MR) is 55.8 cm³/mol. The van der Waals surface area contributed by atoms with Crippen LogP contribution < -0.4 is 0 Å². The molecule has 0 bridgehead atoms. The van der Waals surface area contributed by atoms with E-state index in [-0.39, 0.29) is 12.6 Å². The molecular weight excluding hydrogens is 215 g/mol. The van der Waals surface area contributed by atoms with Gasteiger partial charge in [0.25, 0.3) is 0 Å². The quantitative estimate of drug-likeness (QED) is 0.717. The fourth-order valence-corrected chi connectivity index (χ4v) is 1.82. The number of alkyl halides is 3. The highest BCUT2D eigenvalue weighted by molar-refractivity contribution is 5.22. The van der Waals surface area contributed by atoms with Crippen molar-refractivity contribution >= 4 is 0 Å². The van der Waals surface area contributed by atoms with Crippen LogP contribution in [0.2, 0.25) is 0 Å². The molecular formula is C12H14F3N. The molecule has 0 spiro atoms. The molecule has 16 heavy (non-hydrogen) atoms. The smallest absolute Gasteiger partial charge is 0.207 e. The molecule has 1 aliphatic carbocycles. The van der Waals surface area contributed by atoms with E-state index in [0.717, 1.165) is 11.1 Å². The van der Waals surface area contributed by atoms with Crippen LogP contribution in [-0.2, 0) is 6.54 Å². The Labute approximate surface area is 92.9 Å². The maximum absolute atomic E-state index is 12.7. The second-order valence-corrected chi connectivity index (χ2v) is 4.32. The molecule has 0 heterocycles. The summed E-state index contributed by atoms with van der Waals surface area (Å²) in [4.78, 5) is 0.641. The summed E-state index contributed by atoms with van der Waals surface area (Å²) < 4.78 is 38.2. The van der Waals surface area contributed by atoms with Gasteiger partial charge in [-0.05, 0) is 25.3 Å². The first-order valence-corrected chi connectivity index (χ1v) is 5.36. The third-order valence-corrected chi connectivity index (χ3v) is 2.75. The molecule has 0 radical (unpaired) electrons. The molecule has 0 N–H and O–H groups in total. The molecule has 1 aliphatic rings. The third-order valence-electron chi connectivity index (χ3n) is 2.75. The lowest BCUT2D eigenvalue weighted by Crippen LogP contribution is -2.39. The molecule has 0 aliphatic heterocycles. The Hall–Kier alpha value is -1.03. The Balaban J connectivity index is 2.11. The van der Waals surface area contributed by atoms with E-state index in [1.807, 2.05) is 13.0 Å². The lowest BCUT2D eigenvalue weighted by atomic mass is 10.1. The van der Waals surface area contributed by atoms with Crippen molar-refractivity contribution in [1.29, 1.82) is 0 Å². The van der Waals surface area contributed by atoms with Crippen LogP contribution in [0.1, 0.15) is 24.0 Å². The summed E-state index contributed by atoms with van der Waals surface area (Å²) in [7, 11) is 0. The van der Waals surface area contributed by atoms with Crippen molar-refractivity contribution in [1.82, 2.24) is 4.90 Å². The van der Waals surface area contributed by atoms with Gasteiger partial charge in [-0.25, -0.2) is 4.90 Å². The Morgan fingerprint density at radius 2 is 2.00 bits per heavy atom. The van der Waals surface area contributed by atoms with Crippen molar-refractivity contribution < 1.29 is 13.2 Å². The molecule has 0 saturated heterocycles. The van der Waals surface area contributed by atoms with Crippen molar-refractivity contribution in [3.63, 3.8) is 0 Å². The van der Waals surface area contributed by atoms with Crippen LogP contribution in [0.4, 0.5) is 13.2 Å². The zero-order valence-electron chi connectivity index (χ0n) is 9.09. The van der Waals surface area contributed by atoms with E-state index >= 15 is 0 Å². The first-order valence-electron chi connectivity index (χ1n) is 5.36. The van der Waals surface area contributed by atoms with Gasteiger partial charge in [0.05, 0.1) is 0 Å². The second kappa shape index (κ2) is 4.09. The van der Waals surface area contributed by atoms with Gasteiger partial charge in [0, 0.05) is 12.6 Å². The largest absolute Gasteiger partial charge is 0.460 e. The van der Waals surface area contributed by atoms with E-state index in [0.29, 0.717) is 17.7 Å². The third kappa shape index (κ3) is 2.76. The number of rotatable bonds is 3. The monoisotopic (exact) mass is 229 g/mol. The van der Waals surface area contributed by atoms with Crippen LogP contribution in [0.25, 0.3) is 0 Å². The van der Waals surface area contributed by atoms with Gasteiger partial charge in [0.1, 0.15) is 0 Å². The number of aryl methyl sites for hydroxylation is 1. The molecule has 1 nitrogen and oxygen atoms in total. The average Bonchev–Trinajstić information content (AvgIpc) is 2.95. The molecule has 1 aromatic carbocycles. The fraction of sp³-hybridized carbons (Fsp3) is 0.500. The summed E-state index contributed by atoms with van der Waals surface area (Å²) in [5, 5.41) is 0. The zero-order chi connectivity index (χ0) is 11.8. The predicted octanol–water partition coefficient (Wildman–Crippen LogP) is 3.48. The van der Waals surface area contributed by atoms with E-state index in [9.17, 15) is 13.2 Å². The van der Waals surface area contributed by atoms with Crippen molar-refractivity contribution in [3.8, 4) is 0 Å². The summed E-state index contributed by atoms with van der Waals surface area (Å²) in [5.74, 6) is 0. The van der Waals surface area contributed by atoms with Gasteiger partial charge in [-0.15, -0.1) is 0 Å². The van der Waals surface area contributed by atoms with Gasteiger partial charge in [0.2, 0.25) is 0 Å². The van der Waals surface area contributed by atoms with Crippen LogP contribution in [0.15, 0.2) is 24.3 Å². The van der Waals surface area contributed by atoms with Gasteiger partial charge in [0.15, 0.2) is 0 Å². The van der Waals surface area contributed by atoms with Crippen LogP contribution in [0.3, 0.4) is 0 Å². The highest BCUT2D eigenvalue weighted by atomic mass is 19.4. The number of halogens is 3. The van der Waals surface area contributed by atoms with Gasteiger partial charge >= 0.3 is 6.30 Å². The van der Waals surface area contributed by atoms with Crippen LogP contribution >= 0.6 is 0 Å². The standard InChI is InChI=1S/C12H14F3N/c1-9-3-2-4-10(7-9)8-16(11-5-6-11)12(13,14)15/h2-4,7,11H,5-6,8H2,1H3. The van der Waals surface area contributed by atoms with E-state index in [2.05, 4.69) is 0 Å². The topological polar surface area (TPSA) is 3.24 Å². The maximum atomic E-state index is 12.7. The highest BCUT2D eigenvalue weighted by Crippen LogP contribution is 2.36. The maximum Gasteiger partial charge on any atom is 0.460 e. The molecule has 0 unspecified atom stereocenters. The van der Waals surface area contributed by atoms with Crippen LogP contribution in [0.5, 0.6) is 0 Å². The molecule has 88 valence electrons. The Morgan fingerprint density at radius 1 is 1.31 bits per heavy atom. The molecule has 1 saturated carbocycles. The first-order chi connectivity index (χ1) is 7.47. The SMILES string of the molecule is Cc1cccc(CN(C2CC2)C(F)(F)F)c1. The van der Waals surface area contributed by atoms with E-state index in [1.54, 1.807) is 18.2 Å². The van der Waals surface area contributed by atoms with Gasteiger partial charge in [-0.3, -0.25) is 0 Å².